The molecule has 2 rings (SSSR count). The maximum Gasteiger partial charge on any atom is 0.405 e. The van der Waals surface area contributed by atoms with E-state index in [1.807, 2.05) is 0 Å². The van der Waals surface area contributed by atoms with Crippen molar-refractivity contribution in [2.24, 2.45) is 11.8 Å². The summed E-state index contributed by atoms with van der Waals surface area (Å²) in [5, 5.41) is 10.8. The van der Waals surface area contributed by atoms with Gasteiger partial charge < -0.3 is 10.4 Å². The molecule has 1 aromatic carbocycles. The smallest absolute Gasteiger partial charge is 0.405 e. The van der Waals surface area contributed by atoms with Gasteiger partial charge in [0, 0.05) is 18.7 Å². The Morgan fingerprint density at radius 1 is 1.23 bits per heavy atom. The van der Waals surface area contributed by atoms with Crippen molar-refractivity contribution in [2.45, 2.75) is 18.0 Å². The minimum atomic E-state index is -4.55. The summed E-state index contributed by atoms with van der Waals surface area (Å²) in [5.74, 6) is -3.22. The number of rotatable bonds is 5. The van der Waals surface area contributed by atoms with Crippen LogP contribution in [0.3, 0.4) is 0 Å². The lowest BCUT2D eigenvalue weighted by atomic mass is 9.99. The van der Waals surface area contributed by atoms with Crippen LogP contribution in [0.5, 0.6) is 0 Å². The lowest BCUT2D eigenvalue weighted by Crippen LogP contribution is -2.33. The van der Waals surface area contributed by atoms with E-state index in [9.17, 15) is 31.2 Å². The molecule has 0 unspecified atom stereocenters. The molecule has 1 fully saturated rings. The molecule has 0 aliphatic carbocycles. The highest BCUT2D eigenvalue weighted by atomic mass is 32.2. The molecule has 1 heterocycles. The summed E-state index contributed by atoms with van der Waals surface area (Å²) in [6.45, 7) is 0.0380. The number of amides is 1. The summed E-state index contributed by atoms with van der Waals surface area (Å²) in [4.78, 5) is 22.6. The first-order chi connectivity index (χ1) is 11.9. The van der Waals surface area contributed by atoms with Gasteiger partial charge in [0.25, 0.3) is 5.91 Å². The van der Waals surface area contributed by atoms with E-state index in [1.165, 1.54) is 0 Å². The van der Waals surface area contributed by atoms with Crippen LogP contribution in [-0.2, 0) is 14.8 Å². The normalized spacial score (nSPS) is 21.5. The topological polar surface area (TPSA) is 104 Å². The molecule has 2 atom stereocenters. The van der Waals surface area contributed by atoms with Gasteiger partial charge in [0.05, 0.1) is 10.8 Å². The second-order valence-corrected chi connectivity index (χ2v) is 8.00. The second kappa shape index (κ2) is 7.23. The van der Waals surface area contributed by atoms with E-state index in [-0.39, 0.29) is 29.5 Å². The van der Waals surface area contributed by atoms with E-state index < -0.39 is 40.5 Å². The molecule has 1 aliphatic rings. The molecule has 1 saturated heterocycles. The van der Waals surface area contributed by atoms with Crippen molar-refractivity contribution < 1.29 is 36.3 Å². The molecule has 1 aromatic rings. The van der Waals surface area contributed by atoms with Gasteiger partial charge in [-0.05, 0) is 30.2 Å². The minimum Gasteiger partial charge on any atom is -0.481 e. The molecule has 26 heavy (non-hydrogen) atoms. The van der Waals surface area contributed by atoms with Crippen LogP contribution in [0.1, 0.15) is 17.3 Å². The number of alkyl halides is 3. The Labute approximate surface area is 147 Å². The van der Waals surface area contributed by atoms with Crippen molar-refractivity contribution >= 4 is 21.9 Å². The van der Waals surface area contributed by atoms with E-state index in [2.05, 4.69) is 0 Å². The van der Waals surface area contributed by atoms with Gasteiger partial charge in [0.15, 0.2) is 0 Å². The summed E-state index contributed by atoms with van der Waals surface area (Å²) in [6.07, 6.45) is -4.55. The molecule has 2 N–H and O–H groups in total. The van der Waals surface area contributed by atoms with Crippen molar-refractivity contribution in [3.8, 4) is 0 Å². The van der Waals surface area contributed by atoms with Gasteiger partial charge in [0.2, 0.25) is 10.0 Å². The van der Waals surface area contributed by atoms with E-state index in [4.69, 9.17) is 5.11 Å². The molecule has 0 aromatic heterocycles. The third kappa shape index (κ3) is 4.52. The number of hydrogen-bond acceptors (Lipinski definition) is 4. The number of nitrogens with one attached hydrogen (secondary N) is 1. The quantitative estimate of drug-likeness (QED) is 0.784. The number of carboxylic acids is 1. The zero-order valence-electron chi connectivity index (χ0n) is 13.7. The fourth-order valence-corrected chi connectivity index (χ4v) is 4.22. The van der Waals surface area contributed by atoms with Crippen LogP contribution in [-0.4, -0.2) is 55.5 Å². The second-order valence-electron chi connectivity index (χ2n) is 6.07. The monoisotopic (exact) mass is 394 g/mol. The Kier molecular flexibility index (Phi) is 5.61. The molecular weight excluding hydrogens is 377 g/mol. The first-order valence-corrected chi connectivity index (χ1v) is 9.04. The molecule has 0 bridgehead atoms. The molecular formula is C15H17F3N2O5S. The van der Waals surface area contributed by atoms with Gasteiger partial charge >= 0.3 is 12.1 Å². The minimum absolute atomic E-state index is 0.0487. The van der Waals surface area contributed by atoms with Gasteiger partial charge in [-0.1, -0.05) is 6.92 Å². The van der Waals surface area contributed by atoms with Crippen LogP contribution in [0.15, 0.2) is 29.2 Å². The van der Waals surface area contributed by atoms with E-state index in [1.54, 1.807) is 12.2 Å². The molecule has 0 radical (unpaired) electrons. The first kappa shape index (κ1) is 20.2. The van der Waals surface area contributed by atoms with Gasteiger partial charge in [-0.3, -0.25) is 9.59 Å². The molecule has 1 aliphatic heterocycles. The fourth-order valence-electron chi connectivity index (χ4n) is 2.65. The number of carbonyl (C=O) groups excluding carboxylic acids is 1. The number of nitrogens with zero attached hydrogens (tertiary/aromatic N) is 1. The predicted octanol–water partition coefficient (Wildman–Crippen LogP) is 1.32. The zero-order chi connectivity index (χ0) is 19.7. The average Bonchev–Trinajstić information content (AvgIpc) is 2.95. The van der Waals surface area contributed by atoms with Gasteiger partial charge in [-0.2, -0.15) is 17.5 Å². The average molecular weight is 394 g/mol. The van der Waals surface area contributed by atoms with Crippen molar-refractivity contribution in [1.29, 1.82) is 0 Å². The van der Waals surface area contributed by atoms with Crippen LogP contribution in [0.2, 0.25) is 0 Å². The molecule has 1 amide bonds. The Morgan fingerprint density at radius 3 is 2.27 bits per heavy atom. The van der Waals surface area contributed by atoms with Crippen LogP contribution < -0.4 is 5.32 Å². The summed E-state index contributed by atoms with van der Waals surface area (Å²) < 4.78 is 62.5. The Morgan fingerprint density at radius 2 is 1.81 bits per heavy atom. The number of sulfonamides is 1. The van der Waals surface area contributed by atoms with E-state index >= 15 is 0 Å². The van der Waals surface area contributed by atoms with Crippen molar-refractivity contribution in [3.05, 3.63) is 29.8 Å². The maximum atomic E-state index is 12.6. The summed E-state index contributed by atoms with van der Waals surface area (Å²) in [5.41, 5.74) is -0.119. The number of carbonyl (C=O) groups is 2. The number of aliphatic carboxylic acids is 1. The lowest BCUT2D eigenvalue weighted by molar-refractivity contribution is -0.142. The molecule has 0 spiro atoms. The third-order valence-electron chi connectivity index (χ3n) is 4.10. The number of carboxylic acid groups (broad SMARTS) is 1. The largest absolute Gasteiger partial charge is 0.481 e. The van der Waals surface area contributed by atoms with Crippen LogP contribution in [0.25, 0.3) is 0 Å². The Bertz CT molecular complexity index is 792. The highest BCUT2D eigenvalue weighted by molar-refractivity contribution is 7.89. The molecule has 11 heteroatoms. The molecule has 0 saturated carbocycles. The van der Waals surface area contributed by atoms with E-state index in [0.717, 1.165) is 28.6 Å². The SMILES string of the molecule is C[C@@H]1CN(S(=O)(=O)c2ccc(C(=O)NCC(F)(F)F)cc2)C[C@H]1C(=O)O. The Hall–Kier alpha value is -2.14. The third-order valence-corrected chi connectivity index (χ3v) is 5.95. The van der Waals surface area contributed by atoms with Crippen LogP contribution in [0, 0.1) is 11.8 Å². The highest BCUT2D eigenvalue weighted by Crippen LogP contribution is 2.28. The summed E-state index contributed by atoms with van der Waals surface area (Å²) >= 11 is 0. The maximum absolute atomic E-state index is 12.6. The van der Waals surface area contributed by atoms with Crippen molar-refractivity contribution in [3.63, 3.8) is 0 Å². The standard InChI is InChI=1S/C15H17F3N2O5S/c1-9-6-20(7-12(9)14(22)23)26(24,25)11-4-2-10(3-5-11)13(21)19-8-15(16,17)18/h2-5,9,12H,6-8H2,1H3,(H,19,21)(H,22,23)/t9-,12-/m1/s1. The number of hydrogen-bond donors (Lipinski definition) is 2. The zero-order valence-corrected chi connectivity index (χ0v) is 14.5. The molecule has 144 valence electrons. The predicted molar refractivity (Wildman–Crippen MR) is 83.9 cm³/mol. The van der Waals surface area contributed by atoms with Gasteiger partial charge in [0.1, 0.15) is 6.54 Å². The lowest BCUT2D eigenvalue weighted by Gasteiger charge is -2.16. The van der Waals surface area contributed by atoms with Crippen molar-refractivity contribution in [1.82, 2.24) is 9.62 Å². The highest BCUT2D eigenvalue weighted by Gasteiger charge is 2.40. The van der Waals surface area contributed by atoms with Gasteiger partial charge in [-0.25, -0.2) is 8.42 Å². The molecule has 7 nitrogen and oxygen atoms in total. The fraction of sp³-hybridized carbons (Fsp3) is 0.467. The van der Waals surface area contributed by atoms with Crippen LogP contribution in [0.4, 0.5) is 13.2 Å². The Balaban J connectivity index is 2.12. The van der Waals surface area contributed by atoms with Crippen molar-refractivity contribution in [2.75, 3.05) is 19.6 Å². The summed E-state index contributed by atoms with van der Waals surface area (Å²) in [7, 11) is -3.96. The summed E-state index contributed by atoms with van der Waals surface area (Å²) in [6, 6.07) is 4.42. The number of halogens is 3. The van der Waals surface area contributed by atoms with Crippen LogP contribution >= 0.6 is 0 Å². The number of benzene rings is 1. The van der Waals surface area contributed by atoms with Gasteiger partial charge in [-0.15, -0.1) is 0 Å². The first-order valence-electron chi connectivity index (χ1n) is 7.60. The van der Waals surface area contributed by atoms with E-state index in [0.29, 0.717) is 0 Å².